The van der Waals surface area contributed by atoms with Crippen molar-refractivity contribution in [3.8, 4) is 11.1 Å². The van der Waals surface area contributed by atoms with E-state index >= 15 is 0 Å². The van der Waals surface area contributed by atoms with Crippen molar-refractivity contribution in [2.75, 3.05) is 0 Å². The molecule has 0 fully saturated rings. The Balaban J connectivity index is 1.83. The standard InChI is InChI=1S/C22H20O/c1-3-17-6-10-18(11-7-17)19-12-14-21(15-13-19)22(23)20-8-4-16(2)5-9-20/h4-15H,3H2,1-2H3. The molecule has 0 saturated heterocycles. The fraction of sp³-hybridized carbons (Fsp3) is 0.136. The quantitative estimate of drug-likeness (QED) is 0.585. The van der Waals surface area contributed by atoms with Gasteiger partial charge in [-0.1, -0.05) is 85.3 Å². The minimum Gasteiger partial charge on any atom is -0.289 e. The van der Waals surface area contributed by atoms with Crippen molar-refractivity contribution >= 4 is 5.78 Å². The van der Waals surface area contributed by atoms with Gasteiger partial charge in [0.2, 0.25) is 0 Å². The van der Waals surface area contributed by atoms with Gasteiger partial charge in [-0.2, -0.15) is 0 Å². The van der Waals surface area contributed by atoms with Crippen LogP contribution in [0.15, 0.2) is 72.8 Å². The molecule has 0 atom stereocenters. The van der Waals surface area contributed by atoms with E-state index in [0.29, 0.717) is 0 Å². The molecule has 114 valence electrons. The lowest BCUT2D eigenvalue weighted by atomic mass is 9.98. The van der Waals surface area contributed by atoms with E-state index in [1.807, 2.05) is 55.5 Å². The van der Waals surface area contributed by atoms with Crippen LogP contribution < -0.4 is 0 Å². The second kappa shape index (κ2) is 6.62. The molecule has 0 unspecified atom stereocenters. The number of carbonyl (C=O) groups is 1. The summed E-state index contributed by atoms with van der Waals surface area (Å²) in [5.74, 6) is 0.0675. The Kier molecular flexibility index (Phi) is 4.38. The van der Waals surface area contributed by atoms with Gasteiger partial charge >= 0.3 is 0 Å². The van der Waals surface area contributed by atoms with E-state index in [-0.39, 0.29) is 5.78 Å². The fourth-order valence-electron chi connectivity index (χ4n) is 2.62. The summed E-state index contributed by atoms with van der Waals surface area (Å²) in [5.41, 5.74) is 6.26. The molecule has 0 aliphatic rings. The van der Waals surface area contributed by atoms with Crippen LogP contribution in [0, 0.1) is 6.92 Å². The van der Waals surface area contributed by atoms with Gasteiger partial charge in [0, 0.05) is 11.1 Å². The van der Waals surface area contributed by atoms with Crippen molar-refractivity contribution in [2.24, 2.45) is 0 Å². The van der Waals surface area contributed by atoms with Crippen LogP contribution in [-0.4, -0.2) is 5.78 Å². The number of ketones is 1. The lowest BCUT2D eigenvalue weighted by molar-refractivity contribution is 0.103. The maximum atomic E-state index is 12.5. The Morgan fingerprint density at radius 2 is 1.13 bits per heavy atom. The normalized spacial score (nSPS) is 10.5. The lowest BCUT2D eigenvalue weighted by Gasteiger charge is -2.06. The van der Waals surface area contributed by atoms with E-state index in [4.69, 9.17) is 0 Å². The molecule has 23 heavy (non-hydrogen) atoms. The van der Waals surface area contributed by atoms with Gasteiger partial charge in [0.1, 0.15) is 0 Å². The fourth-order valence-corrected chi connectivity index (χ4v) is 2.62. The molecule has 0 bridgehead atoms. The maximum absolute atomic E-state index is 12.5. The summed E-state index contributed by atoms with van der Waals surface area (Å²) in [6.07, 6.45) is 1.05. The molecule has 0 aliphatic heterocycles. The molecule has 1 nitrogen and oxygen atoms in total. The monoisotopic (exact) mass is 300 g/mol. The van der Waals surface area contributed by atoms with Gasteiger partial charge in [0.25, 0.3) is 0 Å². The molecule has 0 N–H and O–H groups in total. The summed E-state index contributed by atoms with van der Waals surface area (Å²) < 4.78 is 0. The van der Waals surface area contributed by atoms with Crippen LogP contribution in [0.3, 0.4) is 0 Å². The highest BCUT2D eigenvalue weighted by Crippen LogP contribution is 2.21. The van der Waals surface area contributed by atoms with Gasteiger partial charge in [0.15, 0.2) is 5.78 Å². The molecule has 0 aliphatic carbocycles. The van der Waals surface area contributed by atoms with Crippen molar-refractivity contribution in [1.82, 2.24) is 0 Å². The number of hydrogen-bond donors (Lipinski definition) is 0. The highest BCUT2D eigenvalue weighted by Gasteiger charge is 2.09. The molecule has 0 amide bonds. The second-order valence-corrected chi connectivity index (χ2v) is 5.82. The summed E-state index contributed by atoms with van der Waals surface area (Å²) in [4.78, 5) is 12.5. The number of carbonyl (C=O) groups excluding carboxylic acids is 1. The van der Waals surface area contributed by atoms with Gasteiger partial charge in [-0.15, -0.1) is 0 Å². The predicted molar refractivity (Wildman–Crippen MR) is 95.9 cm³/mol. The Hall–Kier alpha value is -2.67. The number of aryl methyl sites for hydroxylation is 2. The molecule has 1 heteroatoms. The van der Waals surface area contributed by atoms with Gasteiger partial charge in [0.05, 0.1) is 0 Å². The first-order valence-electron chi connectivity index (χ1n) is 7.98. The molecular formula is C22H20O. The SMILES string of the molecule is CCc1ccc(-c2ccc(C(=O)c3ccc(C)cc3)cc2)cc1. The molecule has 3 aromatic rings. The minimum atomic E-state index is 0.0675. The third kappa shape index (κ3) is 3.40. The van der Waals surface area contributed by atoms with Crippen LogP contribution in [0.2, 0.25) is 0 Å². The summed E-state index contributed by atoms with van der Waals surface area (Å²) in [5, 5.41) is 0. The van der Waals surface area contributed by atoms with Gasteiger partial charge < -0.3 is 0 Å². The summed E-state index contributed by atoms with van der Waals surface area (Å²) in [6.45, 7) is 4.17. The molecule has 3 rings (SSSR count). The average Bonchev–Trinajstić information content (AvgIpc) is 2.62. The first kappa shape index (κ1) is 15.2. The van der Waals surface area contributed by atoms with Crippen LogP contribution in [-0.2, 0) is 6.42 Å². The van der Waals surface area contributed by atoms with Crippen molar-refractivity contribution in [3.05, 3.63) is 95.1 Å². The number of benzene rings is 3. The van der Waals surface area contributed by atoms with Crippen molar-refractivity contribution < 1.29 is 4.79 Å². The van der Waals surface area contributed by atoms with Crippen LogP contribution >= 0.6 is 0 Å². The molecule has 0 spiro atoms. The zero-order valence-corrected chi connectivity index (χ0v) is 13.5. The van der Waals surface area contributed by atoms with E-state index in [1.165, 1.54) is 11.1 Å². The van der Waals surface area contributed by atoms with Crippen LogP contribution in [0.1, 0.15) is 34.0 Å². The molecule has 0 aromatic heterocycles. The predicted octanol–water partition coefficient (Wildman–Crippen LogP) is 5.46. The summed E-state index contributed by atoms with van der Waals surface area (Å²) >= 11 is 0. The first-order valence-corrected chi connectivity index (χ1v) is 7.98. The summed E-state index contributed by atoms with van der Waals surface area (Å²) in [7, 11) is 0. The molecular weight excluding hydrogens is 280 g/mol. The lowest BCUT2D eigenvalue weighted by Crippen LogP contribution is -2.00. The van der Waals surface area contributed by atoms with E-state index in [1.54, 1.807) is 0 Å². The van der Waals surface area contributed by atoms with Gasteiger partial charge in [-0.25, -0.2) is 0 Å². The molecule has 0 heterocycles. The Morgan fingerprint density at radius 3 is 1.61 bits per heavy atom. The van der Waals surface area contributed by atoms with Crippen molar-refractivity contribution in [1.29, 1.82) is 0 Å². The molecule has 0 saturated carbocycles. The van der Waals surface area contributed by atoms with Gasteiger partial charge in [-0.05, 0) is 30.0 Å². The Morgan fingerprint density at radius 1 is 0.696 bits per heavy atom. The second-order valence-electron chi connectivity index (χ2n) is 5.82. The zero-order valence-electron chi connectivity index (χ0n) is 13.5. The Labute approximate surface area is 137 Å². The van der Waals surface area contributed by atoms with E-state index in [2.05, 4.69) is 31.2 Å². The zero-order chi connectivity index (χ0) is 16.2. The average molecular weight is 300 g/mol. The highest BCUT2D eigenvalue weighted by atomic mass is 16.1. The van der Waals surface area contributed by atoms with Crippen LogP contribution in [0.5, 0.6) is 0 Å². The number of hydrogen-bond acceptors (Lipinski definition) is 1. The largest absolute Gasteiger partial charge is 0.289 e. The topological polar surface area (TPSA) is 17.1 Å². The third-order valence-corrected chi connectivity index (χ3v) is 4.16. The first-order chi connectivity index (χ1) is 11.2. The molecule has 3 aromatic carbocycles. The highest BCUT2D eigenvalue weighted by molar-refractivity contribution is 6.09. The third-order valence-electron chi connectivity index (χ3n) is 4.16. The van der Waals surface area contributed by atoms with E-state index < -0.39 is 0 Å². The van der Waals surface area contributed by atoms with E-state index in [9.17, 15) is 4.79 Å². The Bertz CT molecular complexity index is 794. The van der Waals surface area contributed by atoms with Crippen molar-refractivity contribution in [3.63, 3.8) is 0 Å². The van der Waals surface area contributed by atoms with Gasteiger partial charge in [-0.3, -0.25) is 4.79 Å². The van der Waals surface area contributed by atoms with Crippen molar-refractivity contribution in [2.45, 2.75) is 20.3 Å². The maximum Gasteiger partial charge on any atom is 0.193 e. The van der Waals surface area contributed by atoms with Crippen LogP contribution in [0.25, 0.3) is 11.1 Å². The minimum absolute atomic E-state index is 0.0675. The number of rotatable bonds is 4. The van der Waals surface area contributed by atoms with E-state index in [0.717, 1.165) is 28.7 Å². The summed E-state index contributed by atoms with van der Waals surface area (Å²) in [6, 6.07) is 24.1. The molecule has 0 radical (unpaired) electrons. The van der Waals surface area contributed by atoms with Crippen LogP contribution in [0.4, 0.5) is 0 Å². The smallest absolute Gasteiger partial charge is 0.193 e.